The number of alkyl halides is 3. The van der Waals surface area contributed by atoms with Crippen molar-refractivity contribution in [2.24, 2.45) is 11.7 Å². The third-order valence-electron chi connectivity index (χ3n) is 3.38. The molecule has 0 bridgehead atoms. The fourth-order valence-electron chi connectivity index (χ4n) is 2.23. The molecule has 0 aromatic heterocycles. The summed E-state index contributed by atoms with van der Waals surface area (Å²) in [4.78, 5) is 13.2. The van der Waals surface area contributed by atoms with E-state index in [9.17, 15) is 18.0 Å². The number of hydrogen-bond acceptors (Lipinski definition) is 2. The molecular formula is C12H21F3N2O. The fourth-order valence-corrected chi connectivity index (χ4v) is 2.23. The average Bonchev–Trinajstić information content (AvgIpc) is 2.34. The van der Waals surface area contributed by atoms with Crippen LogP contribution in [0.25, 0.3) is 0 Å². The minimum Gasteiger partial charge on any atom is -0.341 e. The predicted molar refractivity (Wildman–Crippen MR) is 62.9 cm³/mol. The molecule has 0 aromatic carbocycles. The third-order valence-corrected chi connectivity index (χ3v) is 3.38. The molecule has 0 radical (unpaired) electrons. The Morgan fingerprint density at radius 2 is 2.17 bits per heavy atom. The lowest BCUT2D eigenvalue weighted by Crippen LogP contribution is -2.50. The third kappa shape index (κ3) is 4.15. The molecular weight excluding hydrogens is 245 g/mol. The SMILES string of the molecule is CCCCC(N)C(=O)N1CCCC(C(F)(F)F)C1. The number of carbonyl (C=O) groups is 1. The number of unbranched alkanes of at least 4 members (excludes halogenated alkanes) is 1. The molecule has 18 heavy (non-hydrogen) atoms. The Bertz CT molecular complexity index is 281. The number of nitrogens with zero attached hydrogens (tertiary/aromatic N) is 1. The molecule has 0 aliphatic carbocycles. The Morgan fingerprint density at radius 1 is 1.50 bits per heavy atom. The largest absolute Gasteiger partial charge is 0.393 e. The zero-order valence-electron chi connectivity index (χ0n) is 10.7. The van der Waals surface area contributed by atoms with Gasteiger partial charge < -0.3 is 10.6 Å². The molecule has 1 rings (SSSR count). The molecule has 2 atom stereocenters. The Morgan fingerprint density at radius 3 is 2.72 bits per heavy atom. The van der Waals surface area contributed by atoms with Crippen molar-refractivity contribution in [3.8, 4) is 0 Å². The van der Waals surface area contributed by atoms with Crippen molar-refractivity contribution in [1.82, 2.24) is 4.90 Å². The smallest absolute Gasteiger partial charge is 0.341 e. The summed E-state index contributed by atoms with van der Waals surface area (Å²) < 4.78 is 37.8. The Hall–Kier alpha value is -0.780. The van der Waals surface area contributed by atoms with Gasteiger partial charge in [0.05, 0.1) is 12.0 Å². The first-order chi connectivity index (χ1) is 8.36. The summed E-state index contributed by atoms with van der Waals surface area (Å²) in [5.41, 5.74) is 5.72. The second-order valence-electron chi connectivity index (χ2n) is 4.91. The highest BCUT2D eigenvalue weighted by molar-refractivity contribution is 5.81. The van der Waals surface area contributed by atoms with Gasteiger partial charge in [-0.25, -0.2) is 0 Å². The van der Waals surface area contributed by atoms with Crippen molar-refractivity contribution in [3.63, 3.8) is 0 Å². The normalized spacial score (nSPS) is 22.9. The standard InChI is InChI=1S/C12H21F3N2O/c1-2-3-6-10(16)11(18)17-7-4-5-9(8-17)12(13,14)15/h9-10H,2-8,16H2,1H3. The van der Waals surface area contributed by atoms with E-state index in [4.69, 9.17) is 5.73 Å². The van der Waals surface area contributed by atoms with Crippen molar-refractivity contribution in [3.05, 3.63) is 0 Å². The maximum Gasteiger partial charge on any atom is 0.393 e. The molecule has 1 heterocycles. The van der Waals surface area contributed by atoms with Crippen molar-refractivity contribution >= 4 is 5.91 Å². The van der Waals surface area contributed by atoms with Gasteiger partial charge in [0.2, 0.25) is 5.91 Å². The number of carbonyl (C=O) groups excluding carboxylic acids is 1. The van der Waals surface area contributed by atoms with Gasteiger partial charge in [0.25, 0.3) is 0 Å². The van der Waals surface area contributed by atoms with E-state index < -0.39 is 18.1 Å². The van der Waals surface area contributed by atoms with E-state index in [1.807, 2.05) is 6.92 Å². The Balaban J connectivity index is 2.53. The molecule has 2 N–H and O–H groups in total. The minimum atomic E-state index is -4.22. The zero-order valence-corrected chi connectivity index (χ0v) is 10.7. The summed E-state index contributed by atoms with van der Waals surface area (Å²) in [7, 11) is 0. The molecule has 1 aliphatic heterocycles. The van der Waals surface area contributed by atoms with Crippen LogP contribution in [0, 0.1) is 5.92 Å². The maximum absolute atomic E-state index is 12.6. The predicted octanol–water partition coefficient (Wildman–Crippen LogP) is 2.30. The quantitative estimate of drug-likeness (QED) is 0.848. The number of nitrogens with two attached hydrogens (primary N) is 1. The van der Waals surface area contributed by atoms with Crippen LogP contribution in [0.1, 0.15) is 39.0 Å². The van der Waals surface area contributed by atoms with Crippen molar-refractivity contribution in [2.45, 2.75) is 51.2 Å². The van der Waals surface area contributed by atoms with Gasteiger partial charge in [0.15, 0.2) is 0 Å². The zero-order chi connectivity index (χ0) is 13.8. The molecule has 1 fully saturated rings. The van der Waals surface area contributed by atoms with Crippen molar-refractivity contribution < 1.29 is 18.0 Å². The summed E-state index contributed by atoms with van der Waals surface area (Å²) in [6.45, 7) is 2.14. The molecule has 3 nitrogen and oxygen atoms in total. The van der Waals surface area contributed by atoms with Crippen LogP contribution in [0.2, 0.25) is 0 Å². The summed E-state index contributed by atoms with van der Waals surface area (Å²) in [6, 6.07) is -0.656. The molecule has 0 saturated carbocycles. The van der Waals surface area contributed by atoms with Crippen LogP contribution in [-0.2, 0) is 4.79 Å². The number of amides is 1. The van der Waals surface area contributed by atoms with Gasteiger partial charge in [0, 0.05) is 13.1 Å². The number of halogens is 3. The van der Waals surface area contributed by atoms with Gasteiger partial charge in [-0.2, -0.15) is 13.2 Å². The van der Waals surface area contributed by atoms with Gasteiger partial charge in [-0.3, -0.25) is 4.79 Å². The summed E-state index contributed by atoms with van der Waals surface area (Å²) in [6.07, 6.45) is -1.42. The van der Waals surface area contributed by atoms with E-state index in [0.29, 0.717) is 19.4 Å². The Labute approximate surface area is 106 Å². The lowest BCUT2D eigenvalue weighted by Gasteiger charge is -2.35. The number of likely N-dealkylation sites (tertiary alicyclic amines) is 1. The summed E-state index contributed by atoms with van der Waals surface area (Å²) in [5.74, 6) is -1.73. The first kappa shape index (κ1) is 15.3. The summed E-state index contributed by atoms with van der Waals surface area (Å²) in [5, 5.41) is 0. The van der Waals surface area contributed by atoms with Gasteiger partial charge in [-0.15, -0.1) is 0 Å². The van der Waals surface area contributed by atoms with E-state index in [1.165, 1.54) is 4.90 Å². The highest BCUT2D eigenvalue weighted by atomic mass is 19.4. The van der Waals surface area contributed by atoms with Gasteiger partial charge in [-0.05, 0) is 19.3 Å². The minimum absolute atomic E-state index is 0.109. The van der Waals surface area contributed by atoms with Crippen LogP contribution in [0.3, 0.4) is 0 Å². The van der Waals surface area contributed by atoms with Crippen molar-refractivity contribution in [2.75, 3.05) is 13.1 Å². The van der Waals surface area contributed by atoms with Gasteiger partial charge >= 0.3 is 6.18 Å². The molecule has 6 heteroatoms. The highest BCUT2D eigenvalue weighted by Gasteiger charge is 2.43. The monoisotopic (exact) mass is 266 g/mol. The van der Waals surface area contributed by atoms with Crippen LogP contribution in [-0.4, -0.2) is 36.1 Å². The molecule has 106 valence electrons. The highest BCUT2D eigenvalue weighted by Crippen LogP contribution is 2.33. The fraction of sp³-hybridized carbons (Fsp3) is 0.917. The van der Waals surface area contributed by atoms with Crippen LogP contribution in [0.4, 0.5) is 13.2 Å². The Kier molecular flexibility index (Phi) is 5.44. The molecule has 1 aliphatic rings. The van der Waals surface area contributed by atoms with Crippen LogP contribution < -0.4 is 5.73 Å². The number of piperidine rings is 1. The number of rotatable bonds is 4. The average molecular weight is 266 g/mol. The summed E-state index contributed by atoms with van der Waals surface area (Å²) >= 11 is 0. The second kappa shape index (κ2) is 6.41. The van der Waals surface area contributed by atoms with E-state index in [-0.39, 0.29) is 18.9 Å². The topological polar surface area (TPSA) is 46.3 Å². The molecule has 0 spiro atoms. The molecule has 1 saturated heterocycles. The number of hydrogen-bond donors (Lipinski definition) is 1. The molecule has 2 unspecified atom stereocenters. The molecule has 0 aromatic rings. The first-order valence-electron chi connectivity index (χ1n) is 6.47. The van der Waals surface area contributed by atoms with Crippen LogP contribution >= 0.6 is 0 Å². The van der Waals surface area contributed by atoms with E-state index >= 15 is 0 Å². The lowest BCUT2D eigenvalue weighted by atomic mass is 9.96. The van der Waals surface area contributed by atoms with Gasteiger partial charge in [0.1, 0.15) is 0 Å². The van der Waals surface area contributed by atoms with E-state index in [1.54, 1.807) is 0 Å². The van der Waals surface area contributed by atoms with Gasteiger partial charge in [-0.1, -0.05) is 19.8 Å². The van der Waals surface area contributed by atoms with E-state index in [2.05, 4.69) is 0 Å². The van der Waals surface area contributed by atoms with Crippen LogP contribution in [0.15, 0.2) is 0 Å². The van der Waals surface area contributed by atoms with Crippen LogP contribution in [0.5, 0.6) is 0 Å². The van der Waals surface area contributed by atoms with E-state index in [0.717, 1.165) is 12.8 Å². The van der Waals surface area contributed by atoms with Crippen molar-refractivity contribution in [1.29, 1.82) is 0 Å². The maximum atomic E-state index is 12.6. The second-order valence-corrected chi connectivity index (χ2v) is 4.91. The first-order valence-corrected chi connectivity index (χ1v) is 6.47. The molecule has 1 amide bonds. The lowest BCUT2D eigenvalue weighted by molar-refractivity contribution is -0.188.